The molecule has 0 aliphatic heterocycles. The van der Waals surface area contributed by atoms with Crippen molar-refractivity contribution < 1.29 is 17.6 Å². The Kier molecular flexibility index (Phi) is 5.43. The number of nitrogens with zero attached hydrogens (tertiary/aromatic N) is 4. The lowest BCUT2D eigenvalue weighted by Gasteiger charge is -2.06. The Hall–Kier alpha value is -3.23. The number of aryl methyl sites for hydroxylation is 2. The molecule has 0 saturated carbocycles. The van der Waals surface area contributed by atoms with E-state index in [1.807, 2.05) is 43.5 Å². The summed E-state index contributed by atoms with van der Waals surface area (Å²) in [6.07, 6.45) is 1.29. The van der Waals surface area contributed by atoms with E-state index in [0.29, 0.717) is 17.8 Å². The van der Waals surface area contributed by atoms with Crippen LogP contribution in [0.1, 0.15) is 28.1 Å². The molecule has 0 fully saturated rings. The maximum Gasteiger partial charge on any atom is 0.254 e. The molecule has 3 aromatic rings. The number of rotatable bonds is 5. The Labute approximate surface area is 158 Å². The van der Waals surface area contributed by atoms with Crippen LogP contribution >= 0.6 is 0 Å². The molecule has 0 bridgehead atoms. The third kappa shape index (κ3) is 3.88. The van der Waals surface area contributed by atoms with Crippen LogP contribution < -0.4 is 5.43 Å². The van der Waals surface area contributed by atoms with E-state index in [-0.39, 0.29) is 0 Å². The van der Waals surface area contributed by atoms with Crippen molar-refractivity contribution in [3.8, 4) is 0 Å². The Morgan fingerprint density at radius 1 is 1.00 bits per heavy atom. The maximum absolute atomic E-state index is 13.6. The zero-order chi connectivity index (χ0) is 20.4. The summed E-state index contributed by atoms with van der Waals surface area (Å²) in [6, 6.07) is 8.01. The van der Waals surface area contributed by atoms with Gasteiger partial charge in [0.1, 0.15) is 5.69 Å². The van der Waals surface area contributed by atoms with Crippen LogP contribution in [0.5, 0.6) is 0 Å². The highest BCUT2D eigenvalue weighted by Gasteiger charge is 2.20. The van der Waals surface area contributed by atoms with Crippen molar-refractivity contribution in [2.45, 2.75) is 27.3 Å². The first-order valence-corrected chi connectivity index (χ1v) is 8.36. The minimum atomic E-state index is -1.75. The first kappa shape index (κ1) is 19.5. The van der Waals surface area contributed by atoms with Gasteiger partial charge in [-0.15, -0.1) is 0 Å². The standard InChI is InChI=1S/C19H17F4N5/c1-10-4-6-13(7-5-10)9-28-12(3)14(11(2)27-28)8-24-26-17-15(20)18(22)25-19(23)16(17)21/h4-8H,9H2,1-3H3,(H,25,26)/b24-8-. The summed E-state index contributed by atoms with van der Waals surface area (Å²) < 4.78 is 55.3. The fourth-order valence-corrected chi connectivity index (χ4v) is 2.66. The Bertz CT molecular complexity index is 1020. The second kappa shape index (κ2) is 7.79. The smallest absolute Gasteiger partial charge is 0.254 e. The molecule has 0 aliphatic carbocycles. The normalized spacial score (nSPS) is 11.4. The van der Waals surface area contributed by atoms with E-state index in [1.165, 1.54) is 6.21 Å². The van der Waals surface area contributed by atoms with E-state index in [4.69, 9.17) is 0 Å². The summed E-state index contributed by atoms with van der Waals surface area (Å²) in [7, 11) is 0. The fourth-order valence-electron chi connectivity index (χ4n) is 2.66. The largest absolute Gasteiger partial charge is 0.272 e. The quantitative estimate of drug-likeness (QED) is 0.306. The second-order valence-corrected chi connectivity index (χ2v) is 6.29. The molecule has 0 atom stereocenters. The van der Waals surface area contributed by atoms with Crippen molar-refractivity contribution in [1.29, 1.82) is 0 Å². The number of hydrogen-bond donors (Lipinski definition) is 1. The first-order chi connectivity index (χ1) is 13.3. The number of hydrazone groups is 1. The lowest BCUT2D eigenvalue weighted by Crippen LogP contribution is -2.06. The summed E-state index contributed by atoms with van der Waals surface area (Å²) in [5, 5.41) is 8.14. The molecule has 0 spiro atoms. The van der Waals surface area contributed by atoms with E-state index in [1.54, 1.807) is 11.6 Å². The Morgan fingerprint density at radius 3 is 2.21 bits per heavy atom. The summed E-state index contributed by atoms with van der Waals surface area (Å²) in [6.45, 7) is 6.12. The molecule has 0 saturated heterocycles. The molecule has 9 heteroatoms. The average molecular weight is 391 g/mol. The summed E-state index contributed by atoms with van der Waals surface area (Å²) in [5.74, 6) is -6.82. The molecule has 0 unspecified atom stereocenters. The molecule has 5 nitrogen and oxygen atoms in total. The van der Waals surface area contributed by atoms with Gasteiger partial charge >= 0.3 is 0 Å². The van der Waals surface area contributed by atoms with Crippen molar-refractivity contribution in [3.63, 3.8) is 0 Å². The van der Waals surface area contributed by atoms with Crippen LogP contribution in [0.4, 0.5) is 23.2 Å². The molecule has 0 amide bonds. The van der Waals surface area contributed by atoms with Gasteiger partial charge in [0, 0.05) is 11.3 Å². The van der Waals surface area contributed by atoms with Crippen LogP contribution in [0.15, 0.2) is 29.4 Å². The number of aromatic nitrogens is 3. The van der Waals surface area contributed by atoms with E-state index in [0.717, 1.165) is 16.8 Å². The molecule has 28 heavy (non-hydrogen) atoms. The minimum absolute atomic E-state index is 0.540. The van der Waals surface area contributed by atoms with Crippen molar-refractivity contribution in [2.75, 3.05) is 5.43 Å². The molecule has 3 rings (SSSR count). The van der Waals surface area contributed by atoms with Crippen molar-refractivity contribution in [3.05, 3.63) is 75.9 Å². The molecule has 2 aromatic heterocycles. The maximum atomic E-state index is 13.6. The van der Waals surface area contributed by atoms with E-state index >= 15 is 0 Å². The summed E-state index contributed by atoms with van der Waals surface area (Å²) >= 11 is 0. The number of hydrogen-bond acceptors (Lipinski definition) is 4. The highest BCUT2D eigenvalue weighted by Crippen LogP contribution is 2.22. The van der Waals surface area contributed by atoms with Crippen LogP contribution in [0.3, 0.4) is 0 Å². The predicted octanol–water partition coefficient (Wildman–Crippen LogP) is 4.25. The minimum Gasteiger partial charge on any atom is -0.272 e. The highest BCUT2D eigenvalue weighted by molar-refractivity contribution is 5.83. The zero-order valence-electron chi connectivity index (χ0n) is 15.4. The lowest BCUT2D eigenvalue weighted by atomic mass is 10.1. The van der Waals surface area contributed by atoms with Crippen molar-refractivity contribution in [2.24, 2.45) is 5.10 Å². The van der Waals surface area contributed by atoms with Crippen LogP contribution in [-0.2, 0) is 6.54 Å². The lowest BCUT2D eigenvalue weighted by molar-refractivity contribution is 0.411. The summed E-state index contributed by atoms with van der Waals surface area (Å²) in [4.78, 5) is 2.49. The van der Waals surface area contributed by atoms with Crippen LogP contribution in [0, 0.1) is 44.3 Å². The molecule has 146 valence electrons. The third-order valence-corrected chi connectivity index (χ3v) is 4.26. The van der Waals surface area contributed by atoms with Crippen molar-refractivity contribution in [1.82, 2.24) is 14.8 Å². The predicted molar refractivity (Wildman–Crippen MR) is 97.3 cm³/mol. The van der Waals surface area contributed by atoms with Gasteiger partial charge in [-0.3, -0.25) is 10.1 Å². The third-order valence-electron chi connectivity index (χ3n) is 4.26. The molecule has 0 radical (unpaired) electrons. The molecule has 1 aromatic carbocycles. The molecule has 0 aliphatic rings. The van der Waals surface area contributed by atoms with Crippen molar-refractivity contribution >= 4 is 11.9 Å². The van der Waals surface area contributed by atoms with Crippen LogP contribution in [-0.4, -0.2) is 21.0 Å². The molecular formula is C19H17F4N5. The first-order valence-electron chi connectivity index (χ1n) is 8.36. The van der Waals surface area contributed by atoms with E-state index in [9.17, 15) is 17.6 Å². The summed E-state index contributed by atoms with van der Waals surface area (Å²) in [5.41, 5.74) is 5.19. The van der Waals surface area contributed by atoms with Crippen LogP contribution in [0.25, 0.3) is 0 Å². The Balaban J connectivity index is 1.82. The number of anilines is 1. The number of halogens is 4. The molecule has 2 heterocycles. The van der Waals surface area contributed by atoms with Gasteiger partial charge < -0.3 is 0 Å². The van der Waals surface area contributed by atoms with Gasteiger partial charge in [-0.25, -0.2) is 0 Å². The molecular weight excluding hydrogens is 374 g/mol. The average Bonchev–Trinajstić information content (AvgIpc) is 2.92. The van der Waals surface area contributed by atoms with Gasteiger partial charge in [0.2, 0.25) is 11.6 Å². The molecule has 1 N–H and O–H groups in total. The monoisotopic (exact) mass is 391 g/mol. The highest BCUT2D eigenvalue weighted by atomic mass is 19.2. The number of pyridine rings is 1. The number of benzene rings is 1. The van der Waals surface area contributed by atoms with E-state index < -0.39 is 29.2 Å². The van der Waals surface area contributed by atoms with Gasteiger partial charge in [0.05, 0.1) is 18.5 Å². The zero-order valence-corrected chi connectivity index (χ0v) is 15.4. The van der Waals surface area contributed by atoms with Gasteiger partial charge in [-0.05, 0) is 26.3 Å². The van der Waals surface area contributed by atoms with Gasteiger partial charge in [0.25, 0.3) is 11.9 Å². The second-order valence-electron chi connectivity index (χ2n) is 6.29. The van der Waals surface area contributed by atoms with Gasteiger partial charge in [0.15, 0.2) is 0 Å². The van der Waals surface area contributed by atoms with E-state index in [2.05, 4.69) is 15.2 Å². The fraction of sp³-hybridized carbons (Fsp3) is 0.211. The number of nitrogens with one attached hydrogen (secondary N) is 1. The Morgan fingerprint density at radius 2 is 1.61 bits per heavy atom. The van der Waals surface area contributed by atoms with Crippen LogP contribution in [0.2, 0.25) is 0 Å². The van der Waals surface area contributed by atoms with Gasteiger partial charge in [-0.2, -0.15) is 32.7 Å². The van der Waals surface area contributed by atoms with Gasteiger partial charge in [-0.1, -0.05) is 29.8 Å². The topological polar surface area (TPSA) is 55.1 Å². The SMILES string of the molecule is Cc1ccc(Cn2nc(C)c(/C=N\Nc3c(F)c(F)nc(F)c3F)c2C)cc1.